The second-order valence-corrected chi connectivity index (χ2v) is 5.21. The number of ether oxygens (including phenoxy) is 1. The van der Waals surface area contributed by atoms with Gasteiger partial charge < -0.3 is 10.1 Å². The quantitative estimate of drug-likeness (QED) is 0.864. The Morgan fingerprint density at radius 2 is 2.12 bits per heavy atom. The molecular weight excluding hydrogens is 210 g/mol. The van der Waals surface area contributed by atoms with Crippen molar-refractivity contribution in [1.82, 2.24) is 5.32 Å². The number of hydrogen-bond donors (Lipinski definition) is 1. The monoisotopic (exact) mass is 233 g/mol. The van der Waals surface area contributed by atoms with E-state index in [2.05, 4.69) is 45.1 Å². The normalized spacial score (nSPS) is 23.1. The summed E-state index contributed by atoms with van der Waals surface area (Å²) >= 11 is 0. The van der Waals surface area contributed by atoms with Gasteiger partial charge in [0.25, 0.3) is 0 Å². The van der Waals surface area contributed by atoms with E-state index in [0.29, 0.717) is 12.0 Å². The highest BCUT2D eigenvalue weighted by Crippen LogP contribution is 2.38. The van der Waals surface area contributed by atoms with Gasteiger partial charge in [0, 0.05) is 17.5 Å². The molecule has 0 spiro atoms. The number of fused-ring (bicyclic) bond motifs is 1. The predicted molar refractivity (Wildman–Crippen MR) is 71.6 cm³/mol. The molecule has 1 N–H and O–H groups in total. The second kappa shape index (κ2) is 5.09. The van der Waals surface area contributed by atoms with Gasteiger partial charge in [-0.25, -0.2) is 0 Å². The summed E-state index contributed by atoms with van der Waals surface area (Å²) in [6, 6.07) is 4.86. The first-order chi connectivity index (χ1) is 8.13. The molecular formula is C15H23NO. The molecule has 0 aliphatic carbocycles. The molecule has 1 aromatic rings. The van der Waals surface area contributed by atoms with Gasteiger partial charge in [0.2, 0.25) is 0 Å². The number of hydrogen-bond acceptors (Lipinski definition) is 2. The zero-order chi connectivity index (χ0) is 12.4. The van der Waals surface area contributed by atoms with Crippen molar-refractivity contribution in [2.45, 2.75) is 40.2 Å². The molecule has 2 rings (SSSR count). The summed E-state index contributed by atoms with van der Waals surface area (Å²) in [5, 5.41) is 3.66. The zero-order valence-electron chi connectivity index (χ0n) is 11.3. The SMILES string of the molecule is CCCNC1c2c(C)cc(C)cc2OCC1C. The minimum absolute atomic E-state index is 0.444. The van der Waals surface area contributed by atoms with Gasteiger partial charge in [0.1, 0.15) is 5.75 Å². The van der Waals surface area contributed by atoms with Crippen LogP contribution in [0.15, 0.2) is 12.1 Å². The Hall–Kier alpha value is -1.02. The lowest BCUT2D eigenvalue weighted by molar-refractivity contribution is 0.188. The van der Waals surface area contributed by atoms with Crippen molar-refractivity contribution < 1.29 is 4.74 Å². The van der Waals surface area contributed by atoms with Crippen molar-refractivity contribution in [3.8, 4) is 5.75 Å². The fourth-order valence-corrected chi connectivity index (χ4v) is 2.66. The van der Waals surface area contributed by atoms with Crippen molar-refractivity contribution in [3.05, 3.63) is 28.8 Å². The van der Waals surface area contributed by atoms with E-state index in [0.717, 1.165) is 18.9 Å². The van der Waals surface area contributed by atoms with Gasteiger partial charge in [-0.3, -0.25) is 0 Å². The molecule has 0 amide bonds. The maximum atomic E-state index is 5.87. The minimum atomic E-state index is 0.444. The Balaban J connectivity index is 2.36. The summed E-state index contributed by atoms with van der Waals surface area (Å²) < 4.78 is 5.87. The number of benzene rings is 1. The molecule has 0 saturated heterocycles. The van der Waals surface area contributed by atoms with Gasteiger partial charge in [0.05, 0.1) is 6.61 Å². The van der Waals surface area contributed by atoms with Gasteiger partial charge in [-0.2, -0.15) is 0 Å². The molecule has 17 heavy (non-hydrogen) atoms. The van der Waals surface area contributed by atoms with Crippen LogP contribution in [-0.4, -0.2) is 13.2 Å². The topological polar surface area (TPSA) is 21.3 Å². The summed E-state index contributed by atoms with van der Waals surface area (Å²) in [7, 11) is 0. The van der Waals surface area contributed by atoms with Crippen LogP contribution < -0.4 is 10.1 Å². The fraction of sp³-hybridized carbons (Fsp3) is 0.600. The van der Waals surface area contributed by atoms with E-state index in [9.17, 15) is 0 Å². The fourth-order valence-electron chi connectivity index (χ4n) is 2.66. The lowest BCUT2D eigenvalue weighted by Crippen LogP contribution is -2.35. The van der Waals surface area contributed by atoms with Gasteiger partial charge in [-0.05, 0) is 44.0 Å². The highest BCUT2D eigenvalue weighted by atomic mass is 16.5. The number of rotatable bonds is 3. The first kappa shape index (κ1) is 12.4. The van der Waals surface area contributed by atoms with E-state index in [1.807, 2.05) is 0 Å². The molecule has 2 unspecified atom stereocenters. The lowest BCUT2D eigenvalue weighted by Gasteiger charge is -2.33. The van der Waals surface area contributed by atoms with Crippen molar-refractivity contribution in [2.24, 2.45) is 5.92 Å². The Morgan fingerprint density at radius 3 is 2.82 bits per heavy atom. The van der Waals surface area contributed by atoms with E-state index in [-0.39, 0.29) is 0 Å². The molecule has 1 aromatic carbocycles. The van der Waals surface area contributed by atoms with Gasteiger partial charge >= 0.3 is 0 Å². The maximum absolute atomic E-state index is 5.87. The molecule has 94 valence electrons. The van der Waals surface area contributed by atoms with Crippen molar-refractivity contribution in [1.29, 1.82) is 0 Å². The Kier molecular flexibility index (Phi) is 3.72. The van der Waals surface area contributed by atoms with Crippen LogP contribution in [0.5, 0.6) is 5.75 Å². The van der Waals surface area contributed by atoms with E-state index < -0.39 is 0 Å². The van der Waals surface area contributed by atoms with Crippen molar-refractivity contribution in [2.75, 3.05) is 13.2 Å². The molecule has 0 radical (unpaired) electrons. The molecule has 1 aliphatic rings. The maximum Gasteiger partial charge on any atom is 0.124 e. The lowest BCUT2D eigenvalue weighted by atomic mass is 9.88. The average molecular weight is 233 g/mol. The highest BCUT2D eigenvalue weighted by molar-refractivity contribution is 5.46. The standard InChI is InChI=1S/C15H23NO/c1-5-6-16-15-12(4)9-17-13-8-10(2)7-11(3)14(13)15/h7-8,12,15-16H,5-6,9H2,1-4H3. The molecule has 2 heteroatoms. The van der Waals surface area contributed by atoms with Gasteiger partial charge in [-0.15, -0.1) is 0 Å². The third-order valence-electron chi connectivity index (χ3n) is 3.49. The molecule has 0 saturated carbocycles. The second-order valence-electron chi connectivity index (χ2n) is 5.21. The summed E-state index contributed by atoms with van der Waals surface area (Å²) in [6.07, 6.45) is 1.17. The Morgan fingerprint density at radius 1 is 1.35 bits per heavy atom. The third-order valence-corrected chi connectivity index (χ3v) is 3.49. The summed E-state index contributed by atoms with van der Waals surface area (Å²) in [5.74, 6) is 1.62. The summed E-state index contributed by atoms with van der Waals surface area (Å²) in [6.45, 7) is 10.7. The van der Waals surface area contributed by atoms with Crippen LogP contribution in [0.2, 0.25) is 0 Å². The third kappa shape index (κ3) is 2.47. The average Bonchev–Trinajstić information content (AvgIpc) is 2.28. The molecule has 1 heterocycles. The smallest absolute Gasteiger partial charge is 0.124 e. The number of nitrogens with one attached hydrogen (secondary N) is 1. The molecule has 0 bridgehead atoms. The van der Waals surface area contributed by atoms with Crippen molar-refractivity contribution >= 4 is 0 Å². The van der Waals surface area contributed by atoms with Gasteiger partial charge in [0.15, 0.2) is 0 Å². The first-order valence-corrected chi connectivity index (χ1v) is 6.60. The van der Waals surface area contributed by atoms with Crippen LogP contribution in [-0.2, 0) is 0 Å². The van der Waals surface area contributed by atoms with E-state index in [1.54, 1.807) is 0 Å². The van der Waals surface area contributed by atoms with E-state index >= 15 is 0 Å². The summed E-state index contributed by atoms with van der Waals surface area (Å²) in [5.41, 5.74) is 3.99. The van der Waals surface area contributed by atoms with E-state index in [1.165, 1.54) is 23.1 Å². The zero-order valence-corrected chi connectivity index (χ0v) is 11.3. The number of aryl methyl sites for hydroxylation is 2. The Bertz CT molecular complexity index is 400. The Labute approximate surface area is 104 Å². The molecule has 2 nitrogen and oxygen atoms in total. The molecule has 2 atom stereocenters. The summed E-state index contributed by atoms with van der Waals surface area (Å²) in [4.78, 5) is 0. The largest absolute Gasteiger partial charge is 0.493 e. The molecule has 1 aliphatic heterocycles. The predicted octanol–water partition coefficient (Wildman–Crippen LogP) is 3.37. The van der Waals surface area contributed by atoms with Crippen LogP contribution in [0.25, 0.3) is 0 Å². The molecule has 0 aromatic heterocycles. The van der Waals surface area contributed by atoms with Crippen LogP contribution in [0, 0.1) is 19.8 Å². The highest BCUT2D eigenvalue weighted by Gasteiger charge is 2.28. The van der Waals surface area contributed by atoms with Gasteiger partial charge in [-0.1, -0.05) is 19.9 Å². The van der Waals surface area contributed by atoms with Crippen LogP contribution in [0.3, 0.4) is 0 Å². The molecule has 0 fully saturated rings. The van der Waals surface area contributed by atoms with E-state index in [4.69, 9.17) is 4.74 Å². The van der Waals surface area contributed by atoms with Crippen molar-refractivity contribution in [3.63, 3.8) is 0 Å². The van der Waals surface area contributed by atoms with Crippen LogP contribution in [0.4, 0.5) is 0 Å². The first-order valence-electron chi connectivity index (χ1n) is 6.60. The van der Waals surface area contributed by atoms with Crippen LogP contribution >= 0.6 is 0 Å². The van der Waals surface area contributed by atoms with Crippen LogP contribution in [0.1, 0.15) is 43.0 Å². The minimum Gasteiger partial charge on any atom is -0.493 e.